The van der Waals surface area contributed by atoms with Crippen molar-refractivity contribution in [1.29, 1.82) is 0 Å². The van der Waals surface area contributed by atoms with Gasteiger partial charge < -0.3 is 5.32 Å². The second-order valence-corrected chi connectivity index (χ2v) is 5.02. The normalized spacial score (nSPS) is 24.6. The molecule has 2 rings (SSSR count). The fraction of sp³-hybridized carbons (Fsp3) is 0.667. The highest BCUT2D eigenvalue weighted by atomic mass is 35.5. The zero-order valence-electron chi connectivity index (χ0n) is 9.62. The molecular formula is C12H18ClN3. The standard InChI is InChI=1S/C12H18ClN3/c1-2-11-6-12(16-8-15-11)14-7-9-3-4-10(13)5-9/h6,8-10H,2-5,7H2,1H3,(H,14,15,16). The van der Waals surface area contributed by atoms with E-state index in [4.69, 9.17) is 11.6 Å². The van der Waals surface area contributed by atoms with E-state index < -0.39 is 0 Å². The predicted molar refractivity (Wildman–Crippen MR) is 66.9 cm³/mol. The van der Waals surface area contributed by atoms with Gasteiger partial charge in [-0.05, 0) is 31.6 Å². The summed E-state index contributed by atoms with van der Waals surface area (Å²) in [7, 11) is 0. The van der Waals surface area contributed by atoms with E-state index in [1.807, 2.05) is 6.07 Å². The molecule has 0 aliphatic heterocycles. The number of alkyl halides is 1. The van der Waals surface area contributed by atoms with Crippen molar-refractivity contribution in [2.45, 2.75) is 38.0 Å². The lowest BCUT2D eigenvalue weighted by Crippen LogP contribution is -2.13. The zero-order valence-corrected chi connectivity index (χ0v) is 10.4. The molecule has 1 saturated carbocycles. The maximum atomic E-state index is 6.08. The van der Waals surface area contributed by atoms with Gasteiger partial charge in [0.15, 0.2) is 0 Å². The van der Waals surface area contributed by atoms with Gasteiger partial charge in [-0.2, -0.15) is 0 Å². The topological polar surface area (TPSA) is 37.8 Å². The lowest BCUT2D eigenvalue weighted by atomic mass is 10.1. The maximum absolute atomic E-state index is 6.08. The molecule has 0 saturated heterocycles. The highest BCUT2D eigenvalue weighted by molar-refractivity contribution is 6.20. The maximum Gasteiger partial charge on any atom is 0.129 e. The van der Waals surface area contributed by atoms with Gasteiger partial charge in [0.25, 0.3) is 0 Å². The summed E-state index contributed by atoms with van der Waals surface area (Å²) in [5, 5.41) is 3.75. The van der Waals surface area contributed by atoms with E-state index in [-0.39, 0.29) is 0 Å². The minimum absolute atomic E-state index is 0.378. The zero-order chi connectivity index (χ0) is 11.4. The van der Waals surface area contributed by atoms with Crippen LogP contribution in [0.25, 0.3) is 0 Å². The Morgan fingerprint density at radius 2 is 2.31 bits per heavy atom. The van der Waals surface area contributed by atoms with Crippen LogP contribution in [0, 0.1) is 5.92 Å². The molecule has 1 aromatic rings. The average molecular weight is 240 g/mol. The van der Waals surface area contributed by atoms with E-state index in [2.05, 4.69) is 22.2 Å². The van der Waals surface area contributed by atoms with Gasteiger partial charge >= 0.3 is 0 Å². The summed E-state index contributed by atoms with van der Waals surface area (Å²) in [6.07, 6.45) is 6.08. The molecular weight excluding hydrogens is 222 g/mol. The van der Waals surface area contributed by atoms with E-state index in [1.165, 1.54) is 6.42 Å². The number of hydrogen-bond donors (Lipinski definition) is 1. The van der Waals surface area contributed by atoms with Gasteiger partial charge in [-0.3, -0.25) is 0 Å². The van der Waals surface area contributed by atoms with Gasteiger partial charge in [-0.1, -0.05) is 6.92 Å². The molecule has 1 heterocycles. The Labute approximate surface area is 102 Å². The van der Waals surface area contributed by atoms with Crippen LogP contribution in [0.15, 0.2) is 12.4 Å². The molecule has 88 valence electrons. The monoisotopic (exact) mass is 239 g/mol. The van der Waals surface area contributed by atoms with Crippen molar-refractivity contribution in [2.75, 3.05) is 11.9 Å². The third kappa shape index (κ3) is 3.08. The molecule has 2 atom stereocenters. The molecule has 1 N–H and O–H groups in total. The number of nitrogens with zero attached hydrogens (tertiary/aromatic N) is 2. The van der Waals surface area contributed by atoms with Crippen molar-refractivity contribution in [3.05, 3.63) is 18.1 Å². The second kappa shape index (κ2) is 5.48. The number of anilines is 1. The summed E-state index contributed by atoms with van der Waals surface area (Å²) in [6.45, 7) is 3.07. The van der Waals surface area contributed by atoms with Crippen LogP contribution in [0.3, 0.4) is 0 Å². The Morgan fingerprint density at radius 3 is 3.00 bits per heavy atom. The molecule has 2 unspecified atom stereocenters. The molecule has 0 bridgehead atoms. The summed E-state index contributed by atoms with van der Waals surface area (Å²) >= 11 is 6.08. The Bertz CT molecular complexity index is 343. The first-order chi connectivity index (χ1) is 7.78. The van der Waals surface area contributed by atoms with E-state index in [0.717, 1.165) is 37.3 Å². The fourth-order valence-electron chi connectivity index (χ4n) is 2.14. The summed E-state index contributed by atoms with van der Waals surface area (Å²) in [5.74, 6) is 1.63. The lowest BCUT2D eigenvalue weighted by molar-refractivity contribution is 0.579. The molecule has 4 heteroatoms. The van der Waals surface area contributed by atoms with Gasteiger partial charge in [0.05, 0.1) is 0 Å². The second-order valence-electron chi connectivity index (χ2n) is 4.41. The van der Waals surface area contributed by atoms with Gasteiger partial charge in [-0.15, -0.1) is 11.6 Å². The molecule has 1 aliphatic rings. The quantitative estimate of drug-likeness (QED) is 0.822. The Hall–Kier alpha value is -0.830. The van der Waals surface area contributed by atoms with Crippen molar-refractivity contribution >= 4 is 17.4 Å². The number of hydrogen-bond acceptors (Lipinski definition) is 3. The van der Waals surface area contributed by atoms with Crippen LogP contribution in [0.1, 0.15) is 31.9 Å². The number of halogens is 1. The van der Waals surface area contributed by atoms with Crippen LogP contribution in [-0.4, -0.2) is 21.9 Å². The Balaban J connectivity index is 1.84. The molecule has 0 radical (unpaired) electrons. The minimum atomic E-state index is 0.378. The van der Waals surface area contributed by atoms with Crippen LogP contribution in [-0.2, 0) is 6.42 Å². The first-order valence-corrected chi connectivity index (χ1v) is 6.40. The van der Waals surface area contributed by atoms with Crippen molar-refractivity contribution in [3.63, 3.8) is 0 Å². The Kier molecular flexibility index (Phi) is 3.99. The van der Waals surface area contributed by atoms with Crippen LogP contribution in [0.2, 0.25) is 0 Å². The van der Waals surface area contributed by atoms with Crippen LogP contribution < -0.4 is 5.32 Å². The van der Waals surface area contributed by atoms with Gasteiger partial charge in [0.1, 0.15) is 12.1 Å². The van der Waals surface area contributed by atoms with Crippen LogP contribution in [0.4, 0.5) is 5.82 Å². The SMILES string of the molecule is CCc1cc(NCC2CCC(Cl)C2)ncn1. The highest BCUT2D eigenvalue weighted by Crippen LogP contribution is 2.29. The summed E-state index contributed by atoms with van der Waals surface area (Å²) in [6, 6.07) is 2.02. The van der Waals surface area contributed by atoms with Crippen molar-refractivity contribution in [3.8, 4) is 0 Å². The highest BCUT2D eigenvalue weighted by Gasteiger charge is 2.22. The van der Waals surface area contributed by atoms with Crippen molar-refractivity contribution < 1.29 is 0 Å². The van der Waals surface area contributed by atoms with E-state index >= 15 is 0 Å². The molecule has 0 aromatic carbocycles. The summed E-state index contributed by atoms with van der Waals surface area (Å²) in [5.41, 5.74) is 1.08. The van der Waals surface area contributed by atoms with Crippen molar-refractivity contribution in [2.24, 2.45) is 5.92 Å². The third-order valence-corrected chi connectivity index (χ3v) is 3.53. The lowest BCUT2D eigenvalue weighted by Gasteiger charge is -2.11. The molecule has 0 amide bonds. The van der Waals surface area contributed by atoms with Gasteiger partial charge in [0, 0.05) is 23.7 Å². The van der Waals surface area contributed by atoms with E-state index in [0.29, 0.717) is 11.3 Å². The molecule has 0 spiro atoms. The molecule has 3 nitrogen and oxygen atoms in total. The molecule has 1 aromatic heterocycles. The number of rotatable bonds is 4. The van der Waals surface area contributed by atoms with E-state index in [1.54, 1.807) is 6.33 Å². The average Bonchev–Trinajstić information content (AvgIpc) is 2.73. The number of nitrogens with one attached hydrogen (secondary N) is 1. The summed E-state index contributed by atoms with van der Waals surface area (Å²) in [4.78, 5) is 8.39. The van der Waals surface area contributed by atoms with Crippen molar-refractivity contribution in [1.82, 2.24) is 9.97 Å². The molecule has 1 fully saturated rings. The van der Waals surface area contributed by atoms with Gasteiger partial charge in [0.2, 0.25) is 0 Å². The largest absolute Gasteiger partial charge is 0.370 e. The van der Waals surface area contributed by atoms with E-state index in [9.17, 15) is 0 Å². The first-order valence-electron chi connectivity index (χ1n) is 5.96. The molecule has 1 aliphatic carbocycles. The Morgan fingerprint density at radius 1 is 1.44 bits per heavy atom. The minimum Gasteiger partial charge on any atom is -0.370 e. The van der Waals surface area contributed by atoms with Crippen LogP contribution in [0.5, 0.6) is 0 Å². The van der Waals surface area contributed by atoms with Crippen LogP contribution >= 0.6 is 11.6 Å². The number of aryl methyl sites for hydroxylation is 1. The smallest absolute Gasteiger partial charge is 0.129 e. The predicted octanol–water partition coefficient (Wildman–Crippen LogP) is 2.86. The molecule has 16 heavy (non-hydrogen) atoms. The first kappa shape index (κ1) is 11.6. The van der Waals surface area contributed by atoms with Gasteiger partial charge in [-0.25, -0.2) is 9.97 Å². The summed E-state index contributed by atoms with van der Waals surface area (Å²) < 4.78 is 0. The fourth-order valence-corrected chi connectivity index (χ4v) is 2.51. The third-order valence-electron chi connectivity index (χ3n) is 3.14. The number of aromatic nitrogens is 2.